The molecule has 2 rings (SSSR count). The van der Waals surface area contributed by atoms with Gasteiger partial charge in [-0.15, -0.1) is 0 Å². The Morgan fingerprint density at radius 3 is 2.92 bits per heavy atom. The van der Waals surface area contributed by atoms with Gasteiger partial charge in [0, 0.05) is 12.3 Å². The van der Waals surface area contributed by atoms with E-state index in [1.807, 2.05) is 0 Å². The highest BCUT2D eigenvalue weighted by Crippen LogP contribution is 2.21. The van der Waals surface area contributed by atoms with Crippen LogP contribution in [0.5, 0.6) is 0 Å². The van der Waals surface area contributed by atoms with Crippen molar-refractivity contribution in [3.05, 3.63) is 34.9 Å². The van der Waals surface area contributed by atoms with E-state index in [9.17, 15) is 4.39 Å². The molecule has 0 bridgehead atoms. The van der Waals surface area contributed by atoms with Gasteiger partial charge in [-0.05, 0) is 13.0 Å². The van der Waals surface area contributed by atoms with Crippen molar-refractivity contribution < 1.29 is 4.39 Å². The van der Waals surface area contributed by atoms with Gasteiger partial charge in [-0.3, -0.25) is 4.98 Å². The van der Waals surface area contributed by atoms with Crippen LogP contribution in [0.3, 0.4) is 0 Å². The third-order valence-corrected chi connectivity index (χ3v) is 1.97. The van der Waals surface area contributed by atoms with E-state index in [2.05, 4.69) is 9.97 Å². The number of benzene rings is 1. The molecule has 2 aromatic rings. The third-order valence-electron chi connectivity index (χ3n) is 1.69. The van der Waals surface area contributed by atoms with Crippen LogP contribution in [0.2, 0.25) is 5.02 Å². The minimum Gasteiger partial charge on any atom is -0.251 e. The first-order valence-corrected chi connectivity index (χ1v) is 4.13. The lowest BCUT2D eigenvalue weighted by atomic mass is 10.3. The average molecular weight is 197 g/mol. The highest BCUT2D eigenvalue weighted by Gasteiger charge is 2.04. The van der Waals surface area contributed by atoms with Gasteiger partial charge in [0.1, 0.15) is 11.3 Å². The van der Waals surface area contributed by atoms with E-state index in [0.717, 1.165) is 5.69 Å². The lowest BCUT2D eigenvalue weighted by Gasteiger charge is -1.99. The molecule has 0 fully saturated rings. The van der Waals surface area contributed by atoms with E-state index >= 15 is 0 Å². The second-order valence-electron chi connectivity index (χ2n) is 2.77. The van der Waals surface area contributed by atoms with E-state index in [1.165, 1.54) is 12.1 Å². The zero-order valence-corrected chi connectivity index (χ0v) is 7.64. The number of aromatic nitrogens is 2. The molecule has 0 unspecified atom stereocenters. The van der Waals surface area contributed by atoms with Gasteiger partial charge >= 0.3 is 0 Å². The molecular formula is C9H6ClFN2. The van der Waals surface area contributed by atoms with Crippen LogP contribution in [-0.4, -0.2) is 9.97 Å². The number of nitrogens with zero attached hydrogens (tertiary/aromatic N) is 2. The van der Waals surface area contributed by atoms with Crippen LogP contribution >= 0.6 is 11.6 Å². The molecule has 0 aliphatic carbocycles. The SMILES string of the molecule is Cc1cnc2c(Cl)cc(F)cc2n1. The van der Waals surface area contributed by atoms with E-state index in [4.69, 9.17) is 11.6 Å². The summed E-state index contributed by atoms with van der Waals surface area (Å²) in [6, 6.07) is 2.55. The molecule has 0 aliphatic rings. The van der Waals surface area contributed by atoms with E-state index in [0.29, 0.717) is 16.1 Å². The normalized spacial score (nSPS) is 10.7. The predicted molar refractivity (Wildman–Crippen MR) is 49.2 cm³/mol. The minimum atomic E-state index is -0.391. The number of fused-ring (bicyclic) bond motifs is 1. The number of hydrogen-bond donors (Lipinski definition) is 0. The van der Waals surface area contributed by atoms with Crippen molar-refractivity contribution in [2.45, 2.75) is 6.92 Å². The van der Waals surface area contributed by atoms with Crippen molar-refractivity contribution in [1.82, 2.24) is 9.97 Å². The van der Waals surface area contributed by atoms with E-state index < -0.39 is 5.82 Å². The summed E-state index contributed by atoms with van der Waals surface area (Å²) in [7, 11) is 0. The second kappa shape index (κ2) is 2.92. The Bertz CT molecular complexity index is 465. The van der Waals surface area contributed by atoms with Crippen molar-refractivity contribution >= 4 is 22.6 Å². The summed E-state index contributed by atoms with van der Waals surface area (Å²) < 4.78 is 12.9. The number of halogens is 2. The molecule has 1 heterocycles. The molecule has 1 aromatic heterocycles. The van der Waals surface area contributed by atoms with E-state index in [-0.39, 0.29) is 0 Å². The molecule has 1 aromatic carbocycles. The highest BCUT2D eigenvalue weighted by atomic mass is 35.5. The Kier molecular flexibility index (Phi) is 1.88. The van der Waals surface area contributed by atoms with E-state index in [1.54, 1.807) is 13.1 Å². The minimum absolute atomic E-state index is 0.294. The predicted octanol–water partition coefficient (Wildman–Crippen LogP) is 2.73. The molecule has 0 saturated carbocycles. The standard InChI is InChI=1S/C9H6ClFN2/c1-5-4-12-9-7(10)2-6(11)3-8(9)13-5/h2-4H,1H3. The van der Waals surface area contributed by atoms with Crippen molar-refractivity contribution in [2.24, 2.45) is 0 Å². The molecule has 0 amide bonds. The zero-order chi connectivity index (χ0) is 9.42. The summed E-state index contributed by atoms with van der Waals surface area (Å²) in [5.41, 5.74) is 1.77. The van der Waals surface area contributed by atoms with Crippen LogP contribution in [0, 0.1) is 12.7 Å². The first-order valence-electron chi connectivity index (χ1n) is 3.75. The Morgan fingerprint density at radius 2 is 2.15 bits per heavy atom. The number of rotatable bonds is 0. The largest absolute Gasteiger partial charge is 0.251 e. The van der Waals surface area contributed by atoms with Crippen LogP contribution in [-0.2, 0) is 0 Å². The van der Waals surface area contributed by atoms with Crippen molar-refractivity contribution in [1.29, 1.82) is 0 Å². The van der Waals surface area contributed by atoms with Crippen molar-refractivity contribution in [3.63, 3.8) is 0 Å². The summed E-state index contributed by atoms with van der Waals surface area (Å²) in [4.78, 5) is 8.17. The maximum atomic E-state index is 12.9. The Morgan fingerprint density at radius 1 is 1.38 bits per heavy atom. The average Bonchev–Trinajstić information content (AvgIpc) is 2.02. The van der Waals surface area contributed by atoms with Crippen LogP contribution in [0.4, 0.5) is 4.39 Å². The summed E-state index contributed by atoms with van der Waals surface area (Å²) in [5, 5.41) is 0.294. The quantitative estimate of drug-likeness (QED) is 0.648. The van der Waals surface area contributed by atoms with Gasteiger partial charge in [0.2, 0.25) is 0 Å². The first-order chi connectivity index (χ1) is 6.16. The van der Waals surface area contributed by atoms with Gasteiger partial charge in [-0.2, -0.15) is 0 Å². The van der Waals surface area contributed by atoms with Crippen LogP contribution in [0.25, 0.3) is 11.0 Å². The Hall–Kier alpha value is -1.22. The monoisotopic (exact) mass is 196 g/mol. The summed E-state index contributed by atoms with van der Waals surface area (Å²) in [6.07, 6.45) is 1.60. The maximum Gasteiger partial charge on any atom is 0.127 e. The third kappa shape index (κ3) is 1.47. The van der Waals surface area contributed by atoms with Gasteiger partial charge in [0.05, 0.1) is 16.2 Å². The van der Waals surface area contributed by atoms with Crippen LogP contribution in [0.15, 0.2) is 18.3 Å². The van der Waals surface area contributed by atoms with Crippen molar-refractivity contribution in [3.8, 4) is 0 Å². The van der Waals surface area contributed by atoms with Gasteiger partial charge in [-0.1, -0.05) is 11.6 Å². The van der Waals surface area contributed by atoms with Crippen LogP contribution in [0.1, 0.15) is 5.69 Å². The lowest BCUT2D eigenvalue weighted by Crippen LogP contribution is -1.89. The molecule has 0 N–H and O–H groups in total. The maximum absolute atomic E-state index is 12.9. The molecule has 0 atom stereocenters. The van der Waals surface area contributed by atoms with Gasteiger partial charge in [-0.25, -0.2) is 9.37 Å². The fourth-order valence-electron chi connectivity index (χ4n) is 1.14. The summed E-state index contributed by atoms with van der Waals surface area (Å²) in [5.74, 6) is -0.391. The molecule has 0 saturated heterocycles. The van der Waals surface area contributed by atoms with Gasteiger partial charge < -0.3 is 0 Å². The van der Waals surface area contributed by atoms with Crippen molar-refractivity contribution in [2.75, 3.05) is 0 Å². The molecule has 4 heteroatoms. The summed E-state index contributed by atoms with van der Waals surface area (Å²) >= 11 is 5.77. The zero-order valence-electron chi connectivity index (χ0n) is 6.88. The number of hydrogen-bond acceptors (Lipinski definition) is 2. The molecule has 0 spiro atoms. The highest BCUT2D eigenvalue weighted by molar-refractivity contribution is 6.34. The molecular weight excluding hydrogens is 191 g/mol. The topological polar surface area (TPSA) is 25.8 Å². The smallest absolute Gasteiger partial charge is 0.127 e. The summed E-state index contributed by atoms with van der Waals surface area (Å²) in [6.45, 7) is 1.80. The molecule has 13 heavy (non-hydrogen) atoms. The second-order valence-corrected chi connectivity index (χ2v) is 3.17. The molecule has 2 nitrogen and oxygen atoms in total. The number of aryl methyl sites for hydroxylation is 1. The Labute approximate surface area is 79.4 Å². The first kappa shape index (κ1) is 8.38. The fourth-order valence-corrected chi connectivity index (χ4v) is 1.39. The molecule has 0 aliphatic heterocycles. The lowest BCUT2D eigenvalue weighted by molar-refractivity contribution is 0.629. The fraction of sp³-hybridized carbons (Fsp3) is 0.111. The molecule has 66 valence electrons. The van der Waals surface area contributed by atoms with Gasteiger partial charge in [0.25, 0.3) is 0 Å². The molecule has 0 radical (unpaired) electrons. The Balaban J connectivity index is 2.86. The van der Waals surface area contributed by atoms with Gasteiger partial charge in [0.15, 0.2) is 0 Å². The van der Waals surface area contributed by atoms with Crippen LogP contribution < -0.4 is 0 Å².